The van der Waals surface area contributed by atoms with Crippen LogP contribution in [0.2, 0.25) is 0 Å². The number of primary amides is 1. The molecule has 60 valence electrons. The van der Waals surface area contributed by atoms with Gasteiger partial charge >= 0.3 is 0 Å². The Morgan fingerprint density at radius 2 is 2.10 bits per heavy atom. The van der Waals surface area contributed by atoms with Gasteiger partial charge in [-0.2, -0.15) is 0 Å². The summed E-state index contributed by atoms with van der Waals surface area (Å²) >= 11 is 0. The highest BCUT2D eigenvalue weighted by Gasteiger charge is 2.10. The van der Waals surface area contributed by atoms with Crippen molar-refractivity contribution in [1.29, 1.82) is 0 Å². The van der Waals surface area contributed by atoms with Crippen LogP contribution in [0, 0.1) is 0 Å². The highest BCUT2D eigenvalue weighted by Crippen LogP contribution is 2.02. The van der Waals surface area contributed by atoms with E-state index in [0.717, 1.165) is 6.42 Å². The van der Waals surface area contributed by atoms with Gasteiger partial charge in [0, 0.05) is 12.5 Å². The minimum atomic E-state index is -0.222. The number of amides is 1. The molecule has 0 spiro atoms. The fourth-order valence-corrected chi connectivity index (χ4v) is 0.924. The lowest BCUT2D eigenvalue weighted by Crippen LogP contribution is -2.31. The average Bonchev–Trinajstić information content (AvgIpc) is 1.81. The Kier molecular flexibility index (Phi) is 4.03. The Morgan fingerprint density at radius 3 is 2.20 bits per heavy atom. The van der Waals surface area contributed by atoms with Crippen molar-refractivity contribution in [1.82, 2.24) is 4.90 Å². The summed E-state index contributed by atoms with van der Waals surface area (Å²) in [4.78, 5) is 12.5. The molecule has 0 bridgehead atoms. The van der Waals surface area contributed by atoms with Crippen LogP contribution in [0.1, 0.15) is 19.8 Å². The first-order valence-corrected chi connectivity index (χ1v) is 3.52. The fourth-order valence-electron chi connectivity index (χ4n) is 0.924. The molecule has 0 rings (SSSR count). The normalized spacial score (nSPS) is 13.6. The van der Waals surface area contributed by atoms with Crippen molar-refractivity contribution in [2.45, 2.75) is 25.8 Å². The lowest BCUT2D eigenvalue weighted by atomic mass is 10.1. The molecule has 0 aliphatic heterocycles. The van der Waals surface area contributed by atoms with Crippen LogP contribution in [0.3, 0.4) is 0 Å². The van der Waals surface area contributed by atoms with Crippen molar-refractivity contribution in [2.24, 2.45) is 5.73 Å². The van der Waals surface area contributed by atoms with Crippen LogP contribution in [0.15, 0.2) is 0 Å². The van der Waals surface area contributed by atoms with Gasteiger partial charge in [0.1, 0.15) is 0 Å². The van der Waals surface area contributed by atoms with Crippen LogP contribution in [0.4, 0.5) is 0 Å². The van der Waals surface area contributed by atoms with Gasteiger partial charge in [0.15, 0.2) is 0 Å². The highest BCUT2D eigenvalue weighted by atomic mass is 16.1. The summed E-state index contributed by atoms with van der Waals surface area (Å²) < 4.78 is 0. The van der Waals surface area contributed by atoms with Crippen LogP contribution in [0.25, 0.3) is 0 Å². The van der Waals surface area contributed by atoms with Gasteiger partial charge in [0.2, 0.25) is 5.91 Å². The fraction of sp³-hybridized carbons (Fsp3) is 0.857. The molecule has 0 aromatic rings. The smallest absolute Gasteiger partial charge is 0.218 e. The van der Waals surface area contributed by atoms with Crippen LogP contribution >= 0.6 is 0 Å². The molecular weight excluding hydrogens is 128 g/mol. The Balaban J connectivity index is 3.71. The topological polar surface area (TPSA) is 46.3 Å². The van der Waals surface area contributed by atoms with Crippen LogP contribution < -0.4 is 5.73 Å². The van der Waals surface area contributed by atoms with Gasteiger partial charge in [0.05, 0.1) is 0 Å². The SMILES string of the molecule is CCC(CC(N)=O)N(C)C. The number of hydrogen-bond acceptors (Lipinski definition) is 2. The quantitative estimate of drug-likeness (QED) is 0.612. The maximum absolute atomic E-state index is 10.5. The third-order valence-electron chi connectivity index (χ3n) is 1.64. The number of carbonyl (C=O) groups is 1. The van der Waals surface area contributed by atoms with E-state index in [1.807, 2.05) is 25.9 Å². The zero-order chi connectivity index (χ0) is 8.15. The zero-order valence-electron chi connectivity index (χ0n) is 6.92. The van der Waals surface area contributed by atoms with Gasteiger partial charge in [-0.1, -0.05) is 6.92 Å². The van der Waals surface area contributed by atoms with E-state index in [9.17, 15) is 4.79 Å². The lowest BCUT2D eigenvalue weighted by molar-refractivity contribution is -0.119. The Hall–Kier alpha value is -0.570. The van der Waals surface area contributed by atoms with E-state index in [-0.39, 0.29) is 5.91 Å². The molecule has 0 heterocycles. The molecule has 1 atom stereocenters. The number of carbonyl (C=O) groups excluding carboxylic acids is 1. The van der Waals surface area contributed by atoms with Crippen LogP contribution in [0.5, 0.6) is 0 Å². The second-order valence-corrected chi connectivity index (χ2v) is 2.70. The molecule has 1 amide bonds. The second-order valence-electron chi connectivity index (χ2n) is 2.70. The van der Waals surface area contributed by atoms with E-state index in [0.29, 0.717) is 12.5 Å². The molecule has 0 aliphatic carbocycles. The molecule has 0 aromatic heterocycles. The standard InChI is InChI=1S/C7H16N2O/c1-4-6(9(2)3)5-7(8)10/h6H,4-5H2,1-3H3,(H2,8,10). The van der Waals surface area contributed by atoms with Crippen molar-refractivity contribution < 1.29 is 4.79 Å². The summed E-state index contributed by atoms with van der Waals surface area (Å²) in [5.41, 5.74) is 5.04. The van der Waals surface area contributed by atoms with E-state index in [1.165, 1.54) is 0 Å². The van der Waals surface area contributed by atoms with E-state index < -0.39 is 0 Å². The first kappa shape index (κ1) is 9.43. The first-order chi connectivity index (χ1) is 4.57. The molecule has 0 fully saturated rings. The van der Waals surface area contributed by atoms with Crippen molar-refractivity contribution in [3.8, 4) is 0 Å². The summed E-state index contributed by atoms with van der Waals surface area (Å²) in [6.45, 7) is 2.05. The molecule has 0 saturated heterocycles. The van der Waals surface area contributed by atoms with Crippen LogP contribution in [-0.2, 0) is 4.79 Å². The summed E-state index contributed by atoms with van der Waals surface area (Å²) in [6, 6.07) is 0.303. The molecular formula is C7H16N2O. The monoisotopic (exact) mass is 144 g/mol. The molecule has 2 N–H and O–H groups in total. The molecule has 3 heteroatoms. The largest absolute Gasteiger partial charge is 0.370 e. The molecule has 0 radical (unpaired) electrons. The lowest BCUT2D eigenvalue weighted by Gasteiger charge is -2.20. The van der Waals surface area contributed by atoms with Gasteiger partial charge in [-0.15, -0.1) is 0 Å². The predicted molar refractivity (Wildman–Crippen MR) is 41.6 cm³/mol. The minimum Gasteiger partial charge on any atom is -0.370 e. The van der Waals surface area contributed by atoms with E-state index >= 15 is 0 Å². The number of hydrogen-bond donors (Lipinski definition) is 1. The maximum Gasteiger partial charge on any atom is 0.218 e. The van der Waals surface area contributed by atoms with Crippen molar-refractivity contribution in [3.05, 3.63) is 0 Å². The highest BCUT2D eigenvalue weighted by molar-refractivity contribution is 5.74. The molecule has 3 nitrogen and oxygen atoms in total. The summed E-state index contributed by atoms with van der Waals surface area (Å²) in [7, 11) is 3.91. The average molecular weight is 144 g/mol. The van der Waals surface area contributed by atoms with Crippen molar-refractivity contribution >= 4 is 5.91 Å². The molecule has 0 saturated carbocycles. The molecule has 0 aromatic carbocycles. The summed E-state index contributed by atoms with van der Waals surface area (Å²) in [5, 5.41) is 0. The van der Waals surface area contributed by atoms with E-state index in [4.69, 9.17) is 5.73 Å². The van der Waals surface area contributed by atoms with Crippen molar-refractivity contribution in [3.63, 3.8) is 0 Å². The minimum absolute atomic E-state index is 0.222. The van der Waals surface area contributed by atoms with Gasteiger partial charge in [0.25, 0.3) is 0 Å². The summed E-state index contributed by atoms with van der Waals surface area (Å²) in [6.07, 6.45) is 1.43. The summed E-state index contributed by atoms with van der Waals surface area (Å²) in [5.74, 6) is -0.222. The Morgan fingerprint density at radius 1 is 1.60 bits per heavy atom. The van der Waals surface area contributed by atoms with Gasteiger partial charge in [-0.3, -0.25) is 4.79 Å². The van der Waals surface area contributed by atoms with Gasteiger partial charge in [-0.05, 0) is 20.5 Å². The molecule has 1 unspecified atom stereocenters. The first-order valence-electron chi connectivity index (χ1n) is 3.52. The van der Waals surface area contributed by atoms with E-state index in [2.05, 4.69) is 0 Å². The van der Waals surface area contributed by atoms with E-state index in [1.54, 1.807) is 0 Å². The number of rotatable bonds is 4. The number of nitrogens with two attached hydrogens (primary N) is 1. The zero-order valence-corrected chi connectivity index (χ0v) is 6.92. The van der Waals surface area contributed by atoms with Gasteiger partial charge in [-0.25, -0.2) is 0 Å². The third kappa shape index (κ3) is 3.45. The Labute approximate surface area is 62.2 Å². The number of nitrogens with zero attached hydrogens (tertiary/aromatic N) is 1. The van der Waals surface area contributed by atoms with Crippen LogP contribution in [-0.4, -0.2) is 30.9 Å². The molecule has 10 heavy (non-hydrogen) atoms. The third-order valence-corrected chi connectivity index (χ3v) is 1.64. The van der Waals surface area contributed by atoms with Gasteiger partial charge < -0.3 is 10.6 Å². The second kappa shape index (κ2) is 4.28. The Bertz CT molecular complexity index is 112. The maximum atomic E-state index is 10.5. The predicted octanol–water partition coefficient (Wildman–Crippen LogP) is 0.202. The van der Waals surface area contributed by atoms with Crippen molar-refractivity contribution in [2.75, 3.05) is 14.1 Å². The molecule has 0 aliphatic rings.